The summed E-state index contributed by atoms with van der Waals surface area (Å²) in [6, 6.07) is 0. The zero-order chi connectivity index (χ0) is 18.2. The molecule has 0 radical (unpaired) electrons. The first-order valence-electron chi connectivity index (χ1n) is 9.64. The maximum atomic E-state index is 12.2. The zero-order valence-corrected chi connectivity index (χ0v) is 15.5. The zero-order valence-electron chi connectivity index (χ0n) is 15.5. The molecular formula is C21H30O4. The molecule has 3 saturated carbocycles. The minimum Gasteiger partial charge on any atom is -0.393 e. The van der Waals surface area contributed by atoms with E-state index in [1.807, 2.05) is 6.92 Å². The van der Waals surface area contributed by atoms with Crippen molar-refractivity contribution in [2.24, 2.45) is 22.7 Å². The third-order valence-corrected chi connectivity index (χ3v) is 8.22. The number of carbonyl (C=O) groups excluding carboxylic acids is 1. The van der Waals surface area contributed by atoms with Gasteiger partial charge in [0.1, 0.15) is 5.60 Å². The van der Waals surface area contributed by atoms with Crippen molar-refractivity contribution in [3.8, 4) is 0 Å². The second-order valence-electron chi connectivity index (χ2n) is 9.35. The van der Waals surface area contributed by atoms with Gasteiger partial charge in [0, 0.05) is 11.3 Å². The Morgan fingerprint density at radius 3 is 2.56 bits per heavy atom. The van der Waals surface area contributed by atoms with Crippen molar-refractivity contribution in [3.63, 3.8) is 0 Å². The molecule has 0 amide bonds. The van der Waals surface area contributed by atoms with Crippen LogP contribution < -0.4 is 0 Å². The number of fused-ring (bicyclic) bond motifs is 5. The average Bonchev–Trinajstić information content (AvgIpc) is 2.80. The highest BCUT2D eigenvalue weighted by Gasteiger charge is 2.65. The summed E-state index contributed by atoms with van der Waals surface area (Å²) in [7, 11) is 0. The lowest BCUT2D eigenvalue weighted by Crippen LogP contribution is -2.58. The van der Waals surface area contributed by atoms with E-state index in [1.165, 1.54) is 18.1 Å². The van der Waals surface area contributed by atoms with Gasteiger partial charge in [-0.3, -0.25) is 4.79 Å². The summed E-state index contributed by atoms with van der Waals surface area (Å²) in [4.78, 5) is 12.2. The van der Waals surface area contributed by atoms with Gasteiger partial charge >= 0.3 is 0 Å². The van der Waals surface area contributed by atoms with Crippen molar-refractivity contribution >= 4 is 5.78 Å². The SMILES string of the molecule is CC(=O)[C@]1(O)CC[C@H]2C3=CC=C4C[C@@H](O)CC[C@]4(C)[C@H]3[C@@H](O)C[C@@]21C. The van der Waals surface area contributed by atoms with E-state index in [0.717, 1.165) is 19.3 Å². The van der Waals surface area contributed by atoms with Crippen LogP contribution in [0, 0.1) is 22.7 Å². The lowest BCUT2D eigenvalue weighted by molar-refractivity contribution is -0.157. The van der Waals surface area contributed by atoms with Gasteiger partial charge in [-0.05, 0) is 56.8 Å². The fraction of sp³-hybridized carbons (Fsp3) is 0.762. The number of hydrogen-bond donors (Lipinski definition) is 3. The van der Waals surface area contributed by atoms with E-state index < -0.39 is 17.1 Å². The minimum absolute atomic E-state index is 0.0346. The molecule has 0 unspecified atom stereocenters. The Kier molecular flexibility index (Phi) is 3.68. The van der Waals surface area contributed by atoms with Crippen molar-refractivity contribution in [2.45, 2.75) is 77.1 Å². The maximum Gasteiger partial charge on any atom is 0.161 e. The Morgan fingerprint density at radius 2 is 1.88 bits per heavy atom. The highest BCUT2D eigenvalue weighted by molar-refractivity contribution is 5.86. The van der Waals surface area contributed by atoms with E-state index in [0.29, 0.717) is 19.3 Å². The van der Waals surface area contributed by atoms with Crippen molar-refractivity contribution < 1.29 is 20.1 Å². The van der Waals surface area contributed by atoms with E-state index in [4.69, 9.17) is 0 Å². The molecule has 25 heavy (non-hydrogen) atoms. The van der Waals surface area contributed by atoms with Gasteiger partial charge in [-0.2, -0.15) is 0 Å². The van der Waals surface area contributed by atoms with Crippen LogP contribution in [0.15, 0.2) is 23.3 Å². The molecule has 4 rings (SSSR count). The number of hydrogen-bond acceptors (Lipinski definition) is 4. The van der Waals surface area contributed by atoms with E-state index in [9.17, 15) is 20.1 Å². The van der Waals surface area contributed by atoms with Crippen molar-refractivity contribution in [2.75, 3.05) is 0 Å². The molecule has 0 aromatic carbocycles. The number of aliphatic hydroxyl groups excluding tert-OH is 2. The quantitative estimate of drug-likeness (QED) is 0.682. The minimum atomic E-state index is -1.34. The fourth-order valence-electron chi connectivity index (χ4n) is 6.70. The first-order chi connectivity index (χ1) is 11.6. The van der Waals surface area contributed by atoms with Crippen LogP contribution in [0.3, 0.4) is 0 Å². The van der Waals surface area contributed by atoms with Crippen molar-refractivity contribution in [1.82, 2.24) is 0 Å². The molecule has 0 bridgehead atoms. The average molecular weight is 346 g/mol. The second kappa shape index (κ2) is 5.28. The first kappa shape index (κ1) is 17.4. The molecule has 0 spiro atoms. The monoisotopic (exact) mass is 346 g/mol. The Morgan fingerprint density at radius 1 is 1.16 bits per heavy atom. The molecule has 4 heteroatoms. The van der Waals surface area contributed by atoms with E-state index in [2.05, 4.69) is 19.1 Å². The van der Waals surface area contributed by atoms with Gasteiger partial charge in [-0.15, -0.1) is 0 Å². The molecular weight excluding hydrogens is 316 g/mol. The van der Waals surface area contributed by atoms with Gasteiger partial charge < -0.3 is 15.3 Å². The number of aliphatic hydroxyl groups is 3. The largest absolute Gasteiger partial charge is 0.393 e. The third-order valence-electron chi connectivity index (χ3n) is 8.22. The molecule has 0 heterocycles. The summed E-state index contributed by atoms with van der Waals surface area (Å²) in [5.41, 5.74) is 0.388. The highest BCUT2D eigenvalue weighted by atomic mass is 16.3. The summed E-state index contributed by atoms with van der Waals surface area (Å²) >= 11 is 0. The molecule has 4 nitrogen and oxygen atoms in total. The smallest absolute Gasteiger partial charge is 0.161 e. The number of ketones is 1. The molecule has 0 aliphatic heterocycles. The lowest BCUT2D eigenvalue weighted by atomic mass is 9.49. The number of rotatable bonds is 1. The van der Waals surface area contributed by atoms with Crippen LogP contribution in [0.4, 0.5) is 0 Å². The van der Waals surface area contributed by atoms with Crippen LogP contribution in [0.1, 0.15) is 59.3 Å². The van der Waals surface area contributed by atoms with Crippen LogP contribution in [0.2, 0.25) is 0 Å². The Labute approximate surface area is 149 Å². The van der Waals surface area contributed by atoms with Gasteiger partial charge in [0.15, 0.2) is 5.78 Å². The van der Waals surface area contributed by atoms with Crippen molar-refractivity contribution in [3.05, 3.63) is 23.3 Å². The van der Waals surface area contributed by atoms with E-state index in [-0.39, 0.29) is 29.1 Å². The maximum absolute atomic E-state index is 12.2. The Balaban J connectivity index is 1.80. The van der Waals surface area contributed by atoms with Crippen LogP contribution >= 0.6 is 0 Å². The summed E-state index contributed by atoms with van der Waals surface area (Å²) in [6.07, 6.45) is 7.47. The summed E-state index contributed by atoms with van der Waals surface area (Å²) in [6.45, 7) is 5.68. The lowest BCUT2D eigenvalue weighted by Gasteiger charge is -2.57. The van der Waals surface area contributed by atoms with Gasteiger partial charge in [0.2, 0.25) is 0 Å². The Hall–Kier alpha value is -0.970. The number of Topliss-reactive ketones (excluding diaryl/α,β-unsaturated/α-hetero) is 1. The highest BCUT2D eigenvalue weighted by Crippen LogP contribution is 2.65. The Bertz CT molecular complexity index is 679. The fourth-order valence-corrected chi connectivity index (χ4v) is 6.70. The van der Waals surface area contributed by atoms with Gasteiger partial charge in [0.05, 0.1) is 12.2 Å². The summed E-state index contributed by atoms with van der Waals surface area (Å²) in [5.74, 6) is -0.00792. The molecule has 4 aliphatic rings. The molecule has 0 aromatic rings. The van der Waals surface area contributed by atoms with Gasteiger partial charge in [-0.1, -0.05) is 37.1 Å². The summed E-state index contributed by atoms with van der Waals surface area (Å²) in [5, 5.41) is 32.3. The third kappa shape index (κ3) is 2.08. The molecule has 0 aromatic heterocycles. The molecule has 138 valence electrons. The molecule has 4 aliphatic carbocycles. The molecule has 3 fully saturated rings. The van der Waals surface area contributed by atoms with Crippen LogP contribution in [0.25, 0.3) is 0 Å². The van der Waals surface area contributed by atoms with Gasteiger partial charge in [-0.25, -0.2) is 0 Å². The molecule has 3 N–H and O–H groups in total. The molecule has 7 atom stereocenters. The van der Waals surface area contributed by atoms with Crippen molar-refractivity contribution in [1.29, 1.82) is 0 Å². The standard InChI is InChI=1S/C21H30O4/c1-12(22)21(25)9-7-16-15-5-4-13-10-14(23)6-8-19(13,2)18(15)17(24)11-20(16,21)3/h4-5,14,16-18,23-25H,6-11H2,1-3H3/t14-,16-,17-,18+,19-,20-,21+/m0/s1. The van der Waals surface area contributed by atoms with Crippen LogP contribution in [-0.4, -0.2) is 38.9 Å². The molecule has 0 saturated heterocycles. The summed E-state index contributed by atoms with van der Waals surface area (Å²) < 4.78 is 0. The number of allylic oxidation sites excluding steroid dienone is 2. The van der Waals surface area contributed by atoms with Crippen LogP contribution in [-0.2, 0) is 4.79 Å². The first-order valence-corrected chi connectivity index (χ1v) is 9.64. The predicted octanol–water partition coefficient (Wildman–Crippen LogP) is 2.52. The topological polar surface area (TPSA) is 77.8 Å². The predicted molar refractivity (Wildman–Crippen MR) is 94.7 cm³/mol. The second-order valence-corrected chi connectivity index (χ2v) is 9.35. The normalized spacial score (nSPS) is 51.8. The van der Waals surface area contributed by atoms with Gasteiger partial charge in [0.25, 0.3) is 0 Å². The van der Waals surface area contributed by atoms with Crippen LogP contribution in [0.5, 0.6) is 0 Å². The van der Waals surface area contributed by atoms with E-state index >= 15 is 0 Å². The van der Waals surface area contributed by atoms with E-state index in [1.54, 1.807) is 0 Å². The number of carbonyl (C=O) groups is 1.